The van der Waals surface area contributed by atoms with Gasteiger partial charge in [0.2, 0.25) is 0 Å². The summed E-state index contributed by atoms with van der Waals surface area (Å²) in [5.41, 5.74) is 0.194. The second-order valence-electron chi connectivity index (χ2n) is 1.69. The van der Waals surface area contributed by atoms with Crippen molar-refractivity contribution in [3.8, 4) is 0 Å². The lowest BCUT2D eigenvalue weighted by atomic mass is 10.4. The Hall–Kier alpha value is -1.32. The van der Waals surface area contributed by atoms with Gasteiger partial charge < -0.3 is 9.84 Å². The molecule has 52 valence electrons. The first-order chi connectivity index (χ1) is 4.74. The highest BCUT2D eigenvalue weighted by molar-refractivity contribution is 5.91. The fraction of sp³-hybridized carbons (Fsp3) is 0.167. The van der Waals surface area contributed by atoms with Gasteiger partial charge in [-0.1, -0.05) is 5.16 Å². The number of rotatable bonds is 1. The average molecular weight is 138 g/mol. The van der Waals surface area contributed by atoms with Crippen LogP contribution in [0.15, 0.2) is 10.6 Å². The van der Waals surface area contributed by atoms with E-state index in [1.807, 2.05) is 0 Å². The number of hydrogen-bond acceptors (Lipinski definition) is 3. The summed E-state index contributed by atoms with van der Waals surface area (Å²) in [6.45, 7) is 5.16. The maximum Gasteiger partial charge on any atom is 0.273 e. The summed E-state index contributed by atoms with van der Waals surface area (Å²) in [6.07, 6.45) is 0. The van der Waals surface area contributed by atoms with E-state index in [0.717, 1.165) is 0 Å². The van der Waals surface area contributed by atoms with Crippen molar-refractivity contribution >= 4 is 5.91 Å². The molecule has 0 saturated heterocycles. The van der Waals surface area contributed by atoms with Gasteiger partial charge in [0.1, 0.15) is 5.76 Å². The zero-order chi connectivity index (χ0) is 7.56. The number of carbonyl (C=O) groups excluding carboxylic acids is 1. The molecule has 0 fully saturated rings. The fourth-order valence-electron chi connectivity index (χ4n) is 0.524. The van der Waals surface area contributed by atoms with Crippen molar-refractivity contribution in [2.24, 2.45) is 0 Å². The molecule has 0 aliphatic rings. The third kappa shape index (κ3) is 1.15. The summed E-state index contributed by atoms with van der Waals surface area (Å²) in [6, 6.07) is 1.36. The Morgan fingerprint density at radius 1 is 1.90 bits per heavy atom. The normalized spacial score (nSPS) is 9.40. The molecule has 0 aromatic carbocycles. The van der Waals surface area contributed by atoms with Gasteiger partial charge in [0.15, 0.2) is 5.69 Å². The van der Waals surface area contributed by atoms with E-state index in [4.69, 9.17) is 6.92 Å². The molecule has 0 bridgehead atoms. The minimum atomic E-state index is -0.305. The highest BCUT2D eigenvalue weighted by atomic mass is 16.5. The standard InChI is InChI=1S/C6H6N2O2/c1-4-3-5(8-10-4)6(9)7-2/h1,3H,2H3,(H,7,9). The first-order valence-corrected chi connectivity index (χ1v) is 2.68. The van der Waals surface area contributed by atoms with E-state index in [1.54, 1.807) is 0 Å². The van der Waals surface area contributed by atoms with Gasteiger partial charge >= 0.3 is 0 Å². The summed E-state index contributed by atoms with van der Waals surface area (Å²) < 4.78 is 4.45. The molecule has 0 aliphatic heterocycles. The SMILES string of the molecule is [CH]c1cc(C(=O)NC)no1. The predicted octanol–water partition coefficient (Wildman–Crippen LogP) is 0.0934. The van der Waals surface area contributed by atoms with Crippen LogP contribution in [0, 0.1) is 6.92 Å². The second kappa shape index (κ2) is 2.51. The number of amides is 1. The van der Waals surface area contributed by atoms with Crippen molar-refractivity contribution in [3.05, 3.63) is 24.4 Å². The van der Waals surface area contributed by atoms with Gasteiger partial charge in [-0.25, -0.2) is 0 Å². The number of hydrogen-bond donors (Lipinski definition) is 1. The maximum atomic E-state index is 10.7. The van der Waals surface area contributed by atoms with Crippen LogP contribution in [-0.4, -0.2) is 18.1 Å². The van der Waals surface area contributed by atoms with E-state index < -0.39 is 0 Å². The van der Waals surface area contributed by atoms with Gasteiger partial charge in [-0.15, -0.1) is 0 Å². The first-order valence-electron chi connectivity index (χ1n) is 2.68. The van der Waals surface area contributed by atoms with Gasteiger partial charge in [0, 0.05) is 20.0 Å². The van der Waals surface area contributed by atoms with Crippen LogP contribution in [0.3, 0.4) is 0 Å². The fourth-order valence-corrected chi connectivity index (χ4v) is 0.524. The van der Waals surface area contributed by atoms with Crippen LogP contribution in [-0.2, 0) is 0 Å². The van der Waals surface area contributed by atoms with E-state index >= 15 is 0 Å². The molecule has 0 unspecified atom stereocenters. The molecule has 0 saturated carbocycles. The number of nitrogens with zero attached hydrogens (tertiary/aromatic N) is 1. The Kier molecular flexibility index (Phi) is 1.71. The Morgan fingerprint density at radius 3 is 3.00 bits per heavy atom. The summed E-state index contributed by atoms with van der Waals surface area (Å²) in [5.74, 6) is -0.168. The van der Waals surface area contributed by atoms with Gasteiger partial charge in [-0.2, -0.15) is 0 Å². The molecule has 0 aliphatic carbocycles. The van der Waals surface area contributed by atoms with Gasteiger partial charge in [-0.05, 0) is 0 Å². The second-order valence-corrected chi connectivity index (χ2v) is 1.69. The van der Waals surface area contributed by atoms with E-state index in [0.29, 0.717) is 0 Å². The molecule has 1 aromatic rings. The van der Waals surface area contributed by atoms with Crippen LogP contribution in [0.5, 0.6) is 0 Å². The van der Waals surface area contributed by atoms with Gasteiger partial charge in [0.05, 0.1) is 0 Å². The molecule has 1 aromatic heterocycles. The number of nitrogens with one attached hydrogen (secondary N) is 1. The van der Waals surface area contributed by atoms with Crippen LogP contribution >= 0.6 is 0 Å². The van der Waals surface area contributed by atoms with Crippen molar-refractivity contribution in [2.75, 3.05) is 7.05 Å². The van der Waals surface area contributed by atoms with E-state index in [9.17, 15) is 4.79 Å². The predicted molar refractivity (Wildman–Crippen MR) is 33.3 cm³/mol. The molecule has 2 radical (unpaired) electrons. The van der Waals surface area contributed by atoms with Crippen molar-refractivity contribution in [1.29, 1.82) is 0 Å². The zero-order valence-electron chi connectivity index (χ0n) is 5.42. The third-order valence-corrected chi connectivity index (χ3v) is 0.988. The lowest BCUT2D eigenvalue weighted by Gasteiger charge is -1.88. The number of carbonyl (C=O) groups is 1. The molecule has 4 heteroatoms. The minimum absolute atomic E-state index is 0.138. The van der Waals surface area contributed by atoms with Gasteiger partial charge in [0.25, 0.3) is 5.91 Å². The van der Waals surface area contributed by atoms with Crippen LogP contribution in [0.1, 0.15) is 16.2 Å². The Morgan fingerprint density at radius 2 is 2.60 bits per heavy atom. The molecular formula is C6H6N2O2. The largest absolute Gasteiger partial charge is 0.360 e. The Labute approximate surface area is 58.2 Å². The summed E-state index contributed by atoms with van der Waals surface area (Å²) in [4.78, 5) is 10.7. The molecule has 1 N–H and O–H groups in total. The van der Waals surface area contributed by atoms with E-state index in [1.165, 1.54) is 13.1 Å². The quantitative estimate of drug-likeness (QED) is 0.598. The molecule has 4 nitrogen and oxygen atoms in total. The molecule has 1 amide bonds. The lowest BCUT2D eigenvalue weighted by Crippen LogP contribution is -2.17. The number of aromatic nitrogens is 1. The maximum absolute atomic E-state index is 10.7. The summed E-state index contributed by atoms with van der Waals surface area (Å²) in [7, 11) is 1.51. The van der Waals surface area contributed by atoms with Crippen LogP contribution in [0.25, 0.3) is 0 Å². The Bertz CT molecular complexity index is 242. The molecule has 1 rings (SSSR count). The summed E-state index contributed by atoms with van der Waals surface area (Å²) in [5, 5.41) is 5.75. The van der Waals surface area contributed by atoms with Crippen LogP contribution in [0.4, 0.5) is 0 Å². The first kappa shape index (κ1) is 6.80. The monoisotopic (exact) mass is 138 g/mol. The average Bonchev–Trinajstić information content (AvgIpc) is 2.34. The Balaban J connectivity index is 2.85. The highest BCUT2D eigenvalue weighted by Crippen LogP contribution is 1.99. The molecule has 10 heavy (non-hydrogen) atoms. The smallest absolute Gasteiger partial charge is 0.273 e. The molecule has 0 atom stereocenters. The van der Waals surface area contributed by atoms with Crippen molar-refractivity contribution in [3.63, 3.8) is 0 Å². The van der Waals surface area contributed by atoms with Crippen LogP contribution < -0.4 is 5.32 Å². The van der Waals surface area contributed by atoms with E-state index in [2.05, 4.69) is 15.0 Å². The van der Waals surface area contributed by atoms with Crippen LogP contribution in [0.2, 0.25) is 0 Å². The van der Waals surface area contributed by atoms with Gasteiger partial charge in [-0.3, -0.25) is 4.79 Å². The minimum Gasteiger partial charge on any atom is -0.360 e. The zero-order valence-corrected chi connectivity index (χ0v) is 5.42. The van der Waals surface area contributed by atoms with Crippen molar-refractivity contribution < 1.29 is 9.32 Å². The highest BCUT2D eigenvalue weighted by Gasteiger charge is 2.07. The molecular weight excluding hydrogens is 132 g/mol. The van der Waals surface area contributed by atoms with Crippen molar-refractivity contribution in [2.45, 2.75) is 0 Å². The topological polar surface area (TPSA) is 55.1 Å². The summed E-state index contributed by atoms with van der Waals surface area (Å²) >= 11 is 0. The van der Waals surface area contributed by atoms with E-state index in [-0.39, 0.29) is 17.4 Å². The molecule has 1 heterocycles. The van der Waals surface area contributed by atoms with Crippen molar-refractivity contribution in [1.82, 2.24) is 10.5 Å². The third-order valence-electron chi connectivity index (χ3n) is 0.988. The molecule has 0 spiro atoms. The lowest BCUT2D eigenvalue weighted by molar-refractivity contribution is 0.0954.